The molecule has 0 bridgehead atoms. The Bertz CT molecular complexity index is 479. The number of aliphatic hydroxyl groups is 2. The minimum absolute atomic E-state index is 0.237. The number of ether oxygens (including phenoxy) is 1. The van der Waals surface area contributed by atoms with E-state index in [0.29, 0.717) is 5.56 Å². The van der Waals surface area contributed by atoms with Gasteiger partial charge in [0.1, 0.15) is 11.7 Å². The molecule has 0 aliphatic rings. The zero-order valence-corrected chi connectivity index (χ0v) is 14.5. The van der Waals surface area contributed by atoms with Gasteiger partial charge in [0.15, 0.2) is 0 Å². The first kappa shape index (κ1) is 19.5. The number of aliphatic hydroxyl groups excluding tert-OH is 2. The molecule has 5 heteroatoms. The molecular weight excluding hydrogens is 294 g/mol. The Morgan fingerprint density at radius 3 is 2.35 bits per heavy atom. The van der Waals surface area contributed by atoms with Crippen LogP contribution >= 0.6 is 0 Å². The van der Waals surface area contributed by atoms with Gasteiger partial charge >= 0.3 is 6.09 Å². The molecule has 130 valence electrons. The Hall–Kier alpha value is -1.59. The van der Waals surface area contributed by atoms with Gasteiger partial charge in [-0.15, -0.1) is 0 Å². The van der Waals surface area contributed by atoms with Crippen LogP contribution in [-0.4, -0.2) is 34.6 Å². The summed E-state index contributed by atoms with van der Waals surface area (Å²) < 4.78 is 5.11. The molecule has 0 aromatic heterocycles. The molecule has 2 atom stereocenters. The third-order valence-electron chi connectivity index (χ3n) is 3.33. The van der Waals surface area contributed by atoms with Crippen molar-refractivity contribution in [3.63, 3.8) is 0 Å². The van der Waals surface area contributed by atoms with Crippen molar-refractivity contribution in [2.75, 3.05) is 6.54 Å². The van der Waals surface area contributed by atoms with Gasteiger partial charge in [-0.25, -0.2) is 4.79 Å². The van der Waals surface area contributed by atoms with Crippen molar-refractivity contribution in [1.82, 2.24) is 5.32 Å². The van der Waals surface area contributed by atoms with Crippen LogP contribution in [0.3, 0.4) is 0 Å². The van der Waals surface area contributed by atoms with E-state index in [9.17, 15) is 15.0 Å². The Morgan fingerprint density at radius 1 is 1.22 bits per heavy atom. The van der Waals surface area contributed by atoms with E-state index in [1.54, 1.807) is 20.8 Å². The molecule has 0 spiro atoms. The van der Waals surface area contributed by atoms with Gasteiger partial charge in [0, 0.05) is 6.54 Å². The third kappa shape index (κ3) is 7.48. The molecule has 0 heterocycles. The zero-order chi connectivity index (χ0) is 17.5. The Kier molecular flexibility index (Phi) is 7.52. The molecule has 0 saturated carbocycles. The quantitative estimate of drug-likeness (QED) is 0.721. The Labute approximate surface area is 138 Å². The maximum atomic E-state index is 11.5. The summed E-state index contributed by atoms with van der Waals surface area (Å²) in [6, 6.07) is 7.60. The number of aryl methyl sites for hydroxylation is 1. The van der Waals surface area contributed by atoms with Gasteiger partial charge in [-0.1, -0.05) is 37.6 Å². The molecule has 2 unspecified atom stereocenters. The predicted molar refractivity (Wildman–Crippen MR) is 90.3 cm³/mol. The smallest absolute Gasteiger partial charge is 0.407 e. The van der Waals surface area contributed by atoms with E-state index in [0.717, 1.165) is 12.8 Å². The fourth-order valence-corrected chi connectivity index (χ4v) is 2.19. The second kappa shape index (κ2) is 8.89. The van der Waals surface area contributed by atoms with E-state index in [1.807, 2.05) is 24.3 Å². The van der Waals surface area contributed by atoms with Crippen LogP contribution in [-0.2, 0) is 11.2 Å². The lowest BCUT2D eigenvalue weighted by Crippen LogP contribution is -2.34. The summed E-state index contributed by atoms with van der Waals surface area (Å²) in [5.74, 6) is 0. The average Bonchev–Trinajstić information content (AvgIpc) is 2.45. The van der Waals surface area contributed by atoms with E-state index in [4.69, 9.17) is 4.74 Å². The third-order valence-corrected chi connectivity index (χ3v) is 3.33. The lowest BCUT2D eigenvalue weighted by Gasteiger charge is -2.21. The Balaban J connectivity index is 2.41. The zero-order valence-electron chi connectivity index (χ0n) is 14.5. The molecule has 0 aliphatic carbocycles. The lowest BCUT2D eigenvalue weighted by atomic mass is 10.00. The average molecular weight is 323 g/mol. The highest BCUT2D eigenvalue weighted by molar-refractivity contribution is 5.67. The molecule has 1 amide bonds. The number of rotatable bonds is 7. The summed E-state index contributed by atoms with van der Waals surface area (Å²) in [5, 5.41) is 22.8. The molecule has 1 aromatic rings. The standard InChI is InChI=1S/C18H29NO4/c1-5-6-13-7-9-14(10-8-13)16(21)15(20)11-12-19-17(22)23-18(2,3)4/h7-10,15-16,20-21H,5-6,11-12H2,1-4H3,(H,19,22). The fraction of sp³-hybridized carbons (Fsp3) is 0.611. The summed E-state index contributed by atoms with van der Waals surface area (Å²) in [6.07, 6.45) is -0.118. The number of amides is 1. The number of nitrogens with one attached hydrogen (secondary N) is 1. The largest absolute Gasteiger partial charge is 0.444 e. The number of carbonyl (C=O) groups excluding carboxylic acids is 1. The van der Waals surface area contributed by atoms with Crippen molar-refractivity contribution in [3.05, 3.63) is 35.4 Å². The second-order valence-corrected chi connectivity index (χ2v) is 6.72. The van der Waals surface area contributed by atoms with Crippen molar-refractivity contribution < 1.29 is 19.7 Å². The summed E-state index contributed by atoms with van der Waals surface area (Å²) in [4.78, 5) is 11.5. The van der Waals surface area contributed by atoms with Crippen LogP contribution in [0.2, 0.25) is 0 Å². The normalized spacial score (nSPS) is 14.2. The van der Waals surface area contributed by atoms with E-state index in [2.05, 4.69) is 12.2 Å². The highest BCUT2D eigenvalue weighted by atomic mass is 16.6. The van der Waals surface area contributed by atoms with Crippen molar-refractivity contribution >= 4 is 6.09 Å². The van der Waals surface area contributed by atoms with Gasteiger partial charge in [0.25, 0.3) is 0 Å². The van der Waals surface area contributed by atoms with E-state index < -0.39 is 23.9 Å². The molecule has 3 N–H and O–H groups in total. The van der Waals surface area contributed by atoms with Crippen LogP contribution in [0.25, 0.3) is 0 Å². The topological polar surface area (TPSA) is 78.8 Å². The lowest BCUT2D eigenvalue weighted by molar-refractivity contribution is 0.0123. The van der Waals surface area contributed by atoms with Gasteiger partial charge in [-0.05, 0) is 44.7 Å². The molecular formula is C18H29NO4. The Morgan fingerprint density at radius 2 is 1.83 bits per heavy atom. The van der Waals surface area contributed by atoms with Crippen LogP contribution in [0.15, 0.2) is 24.3 Å². The maximum Gasteiger partial charge on any atom is 0.407 e. The minimum Gasteiger partial charge on any atom is -0.444 e. The van der Waals surface area contributed by atoms with Crippen molar-refractivity contribution in [2.24, 2.45) is 0 Å². The molecule has 5 nitrogen and oxygen atoms in total. The maximum absolute atomic E-state index is 11.5. The van der Waals surface area contributed by atoms with Gasteiger partial charge in [0.2, 0.25) is 0 Å². The number of hydrogen-bond donors (Lipinski definition) is 3. The first-order valence-electron chi connectivity index (χ1n) is 8.14. The highest BCUT2D eigenvalue weighted by Crippen LogP contribution is 2.19. The molecule has 0 fully saturated rings. The van der Waals surface area contributed by atoms with Crippen LogP contribution in [0.4, 0.5) is 4.79 Å². The molecule has 0 saturated heterocycles. The predicted octanol–water partition coefficient (Wildman–Crippen LogP) is 2.95. The number of benzene rings is 1. The molecule has 1 aromatic carbocycles. The minimum atomic E-state index is -0.967. The SMILES string of the molecule is CCCc1ccc(C(O)C(O)CCNC(=O)OC(C)(C)C)cc1. The van der Waals surface area contributed by atoms with Crippen molar-refractivity contribution in [2.45, 2.75) is 64.8 Å². The number of carbonyl (C=O) groups is 1. The van der Waals surface area contributed by atoms with Crippen LogP contribution in [0.5, 0.6) is 0 Å². The summed E-state index contributed by atoms with van der Waals surface area (Å²) in [5.41, 5.74) is 1.33. The highest BCUT2D eigenvalue weighted by Gasteiger charge is 2.20. The van der Waals surface area contributed by atoms with Crippen LogP contribution < -0.4 is 5.32 Å². The van der Waals surface area contributed by atoms with Crippen molar-refractivity contribution in [1.29, 1.82) is 0 Å². The molecule has 1 rings (SSSR count). The van der Waals surface area contributed by atoms with E-state index >= 15 is 0 Å². The van der Waals surface area contributed by atoms with Crippen molar-refractivity contribution in [3.8, 4) is 0 Å². The first-order valence-corrected chi connectivity index (χ1v) is 8.14. The molecule has 23 heavy (non-hydrogen) atoms. The van der Waals surface area contributed by atoms with Crippen LogP contribution in [0, 0.1) is 0 Å². The summed E-state index contributed by atoms with van der Waals surface area (Å²) in [7, 11) is 0. The fourth-order valence-electron chi connectivity index (χ4n) is 2.19. The van der Waals surface area contributed by atoms with Gasteiger partial charge in [-0.2, -0.15) is 0 Å². The summed E-state index contributed by atoms with van der Waals surface area (Å²) in [6.45, 7) is 7.71. The van der Waals surface area contributed by atoms with Gasteiger partial charge < -0.3 is 20.3 Å². The van der Waals surface area contributed by atoms with Gasteiger partial charge in [0.05, 0.1) is 6.10 Å². The van der Waals surface area contributed by atoms with E-state index in [1.165, 1.54) is 5.56 Å². The number of hydrogen-bond acceptors (Lipinski definition) is 4. The van der Waals surface area contributed by atoms with Gasteiger partial charge in [-0.3, -0.25) is 0 Å². The van der Waals surface area contributed by atoms with E-state index in [-0.39, 0.29) is 13.0 Å². The number of alkyl carbamates (subject to hydrolysis) is 1. The summed E-state index contributed by atoms with van der Waals surface area (Å²) >= 11 is 0. The van der Waals surface area contributed by atoms with Crippen LogP contribution in [0.1, 0.15) is 57.8 Å². The molecule has 0 radical (unpaired) electrons. The molecule has 0 aliphatic heterocycles. The first-order chi connectivity index (χ1) is 10.7. The monoisotopic (exact) mass is 323 g/mol. The second-order valence-electron chi connectivity index (χ2n) is 6.72.